The van der Waals surface area contributed by atoms with Crippen molar-refractivity contribution in [2.45, 2.75) is 13.5 Å². The molecule has 0 aliphatic rings. The van der Waals surface area contributed by atoms with E-state index < -0.39 is 0 Å². The van der Waals surface area contributed by atoms with Gasteiger partial charge >= 0.3 is 0 Å². The first-order valence-electron chi connectivity index (χ1n) is 8.07. The molecule has 0 unspecified atom stereocenters. The number of benzene rings is 2. The van der Waals surface area contributed by atoms with E-state index in [9.17, 15) is 4.79 Å². The number of aryl methyl sites for hydroxylation is 1. The van der Waals surface area contributed by atoms with E-state index in [4.69, 9.17) is 0 Å². The summed E-state index contributed by atoms with van der Waals surface area (Å²) in [6.07, 6.45) is 3.12. The van der Waals surface area contributed by atoms with Crippen LogP contribution in [0.2, 0.25) is 0 Å². The van der Waals surface area contributed by atoms with Gasteiger partial charge in [-0.1, -0.05) is 42.5 Å². The fourth-order valence-electron chi connectivity index (χ4n) is 2.49. The normalized spacial score (nSPS) is 10.3. The second-order valence-corrected chi connectivity index (χ2v) is 5.93. The smallest absolute Gasteiger partial charge is 0.275 e. The largest absolute Gasteiger partial charge is 0.354 e. The number of anilines is 2. The molecule has 1 amide bonds. The Bertz CT molecular complexity index is 847. The Hall–Kier alpha value is -3.21. The van der Waals surface area contributed by atoms with Gasteiger partial charge < -0.3 is 10.2 Å². The summed E-state index contributed by atoms with van der Waals surface area (Å²) in [5.74, 6) is 0.450. The highest BCUT2D eigenvalue weighted by molar-refractivity contribution is 6.02. The summed E-state index contributed by atoms with van der Waals surface area (Å²) in [6.45, 7) is 2.71. The predicted octanol–water partition coefficient (Wildman–Crippen LogP) is 3.67. The second kappa shape index (κ2) is 7.57. The molecule has 0 radical (unpaired) electrons. The summed E-state index contributed by atoms with van der Waals surface area (Å²) in [7, 11) is 1.95. The monoisotopic (exact) mass is 332 g/mol. The summed E-state index contributed by atoms with van der Waals surface area (Å²) in [5, 5.41) is 2.83. The van der Waals surface area contributed by atoms with Gasteiger partial charge in [-0.3, -0.25) is 4.79 Å². The molecule has 0 bridgehead atoms. The van der Waals surface area contributed by atoms with Gasteiger partial charge in [-0.15, -0.1) is 0 Å². The fraction of sp³-hybridized carbons (Fsp3) is 0.150. The molecule has 126 valence electrons. The van der Waals surface area contributed by atoms with Crippen molar-refractivity contribution in [3.63, 3.8) is 0 Å². The maximum Gasteiger partial charge on any atom is 0.275 e. The molecule has 1 N–H and O–H groups in total. The van der Waals surface area contributed by atoms with Crippen molar-refractivity contribution in [2.75, 3.05) is 17.3 Å². The lowest BCUT2D eigenvalue weighted by atomic mass is 10.2. The lowest BCUT2D eigenvalue weighted by Crippen LogP contribution is -2.19. The van der Waals surface area contributed by atoms with Crippen LogP contribution in [0.3, 0.4) is 0 Å². The van der Waals surface area contributed by atoms with Gasteiger partial charge in [-0.25, -0.2) is 9.97 Å². The summed E-state index contributed by atoms with van der Waals surface area (Å²) in [4.78, 5) is 22.9. The molecule has 0 aliphatic heterocycles. The Morgan fingerprint density at radius 3 is 2.52 bits per heavy atom. The van der Waals surface area contributed by atoms with Crippen LogP contribution in [0.25, 0.3) is 0 Å². The van der Waals surface area contributed by atoms with Crippen molar-refractivity contribution in [1.29, 1.82) is 0 Å². The number of aromatic nitrogens is 2. The average Bonchev–Trinajstić information content (AvgIpc) is 2.62. The van der Waals surface area contributed by atoms with Gasteiger partial charge in [0.05, 0.1) is 12.4 Å². The number of hydrogen-bond acceptors (Lipinski definition) is 4. The lowest BCUT2D eigenvalue weighted by molar-refractivity contribution is 0.102. The van der Waals surface area contributed by atoms with E-state index in [0.29, 0.717) is 5.69 Å². The summed E-state index contributed by atoms with van der Waals surface area (Å²) in [6, 6.07) is 17.8. The molecule has 1 aromatic heterocycles. The third-order valence-corrected chi connectivity index (χ3v) is 3.80. The molecule has 5 nitrogen and oxygen atoms in total. The van der Waals surface area contributed by atoms with Gasteiger partial charge in [-0.2, -0.15) is 0 Å². The number of carbonyl (C=O) groups excluding carboxylic acids is 1. The van der Waals surface area contributed by atoms with Crippen molar-refractivity contribution in [1.82, 2.24) is 9.97 Å². The number of carbonyl (C=O) groups is 1. The van der Waals surface area contributed by atoms with Gasteiger partial charge in [0.1, 0.15) is 11.5 Å². The minimum atomic E-state index is -0.268. The maximum atomic E-state index is 12.3. The lowest BCUT2D eigenvalue weighted by Gasteiger charge is -2.17. The Morgan fingerprint density at radius 2 is 1.84 bits per heavy atom. The van der Waals surface area contributed by atoms with Gasteiger partial charge in [0.15, 0.2) is 0 Å². The number of hydrogen-bond donors (Lipinski definition) is 1. The average molecular weight is 332 g/mol. The highest BCUT2D eigenvalue weighted by atomic mass is 16.1. The van der Waals surface area contributed by atoms with Crippen molar-refractivity contribution in [3.05, 3.63) is 83.8 Å². The molecule has 3 aromatic rings. The van der Waals surface area contributed by atoms with E-state index in [1.54, 1.807) is 6.20 Å². The van der Waals surface area contributed by atoms with Gasteiger partial charge in [0, 0.05) is 19.3 Å². The Balaban J connectivity index is 1.66. The SMILES string of the molecule is Cc1cccc(NC(=O)c2cnc(N(C)Cc3ccccc3)cn2)c1. The van der Waals surface area contributed by atoms with Crippen LogP contribution >= 0.6 is 0 Å². The minimum Gasteiger partial charge on any atom is -0.354 e. The zero-order valence-electron chi connectivity index (χ0n) is 14.3. The van der Waals surface area contributed by atoms with Crippen LogP contribution in [0.5, 0.6) is 0 Å². The molecular formula is C20H20N4O. The van der Waals surface area contributed by atoms with Crippen LogP contribution in [0, 0.1) is 6.92 Å². The van der Waals surface area contributed by atoms with Gasteiger partial charge in [0.25, 0.3) is 5.91 Å². The number of amides is 1. The van der Waals surface area contributed by atoms with Crippen molar-refractivity contribution in [3.8, 4) is 0 Å². The Kier molecular flexibility index (Phi) is 5.04. The molecular weight excluding hydrogens is 312 g/mol. The van der Waals surface area contributed by atoms with Crippen LogP contribution < -0.4 is 10.2 Å². The number of nitrogens with zero attached hydrogens (tertiary/aromatic N) is 3. The highest BCUT2D eigenvalue weighted by Crippen LogP contribution is 2.13. The predicted molar refractivity (Wildman–Crippen MR) is 99.7 cm³/mol. The maximum absolute atomic E-state index is 12.3. The van der Waals surface area contributed by atoms with Crippen LogP contribution in [-0.2, 0) is 6.54 Å². The number of nitrogens with one attached hydrogen (secondary N) is 1. The van der Waals surface area contributed by atoms with Crippen molar-refractivity contribution < 1.29 is 4.79 Å². The Morgan fingerprint density at radius 1 is 1.04 bits per heavy atom. The zero-order chi connectivity index (χ0) is 17.6. The van der Waals surface area contributed by atoms with E-state index in [-0.39, 0.29) is 5.91 Å². The van der Waals surface area contributed by atoms with Crippen LogP contribution in [0.4, 0.5) is 11.5 Å². The first-order chi connectivity index (χ1) is 12.1. The minimum absolute atomic E-state index is 0.268. The molecule has 3 rings (SSSR count). The highest BCUT2D eigenvalue weighted by Gasteiger charge is 2.10. The van der Waals surface area contributed by atoms with E-state index in [1.165, 1.54) is 11.8 Å². The molecule has 0 saturated heterocycles. The summed E-state index contributed by atoms with van der Waals surface area (Å²) in [5.41, 5.74) is 3.31. The van der Waals surface area contributed by atoms with Crippen molar-refractivity contribution in [2.24, 2.45) is 0 Å². The van der Waals surface area contributed by atoms with Gasteiger partial charge in [0.2, 0.25) is 0 Å². The van der Waals surface area contributed by atoms with E-state index in [0.717, 1.165) is 23.6 Å². The molecule has 2 aromatic carbocycles. The topological polar surface area (TPSA) is 58.1 Å². The fourth-order valence-corrected chi connectivity index (χ4v) is 2.49. The van der Waals surface area contributed by atoms with Crippen LogP contribution in [-0.4, -0.2) is 22.9 Å². The molecule has 1 heterocycles. The molecule has 0 aliphatic carbocycles. The molecule has 0 atom stereocenters. The third-order valence-electron chi connectivity index (χ3n) is 3.80. The van der Waals surface area contributed by atoms with E-state index in [2.05, 4.69) is 27.4 Å². The van der Waals surface area contributed by atoms with Crippen LogP contribution in [0.1, 0.15) is 21.6 Å². The van der Waals surface area contributed by atoms with Crippen LogP contribution in [0.15, 0.2) is 67.0 Å². The van der Waals surface area contributed by atoms with E-state index in [1.807, 2.05) is 61.3 Å². The molecule has 0 saturated carbocycles. The Labute approximate surface area is 147 Å². The summed E-state index contributed by atoms with van der Waals surface area (Å²) >= 11 is 0. The third kappa shape index (κ3) is 4.41. The molecule has 5 heteroatoms. The number of rotatable bonds is 5. The zero-order valence-corrected chi connectivity index (χ0v) is 14.3. The van der Waals surface area contributed by atoms with Crippen molar-refractivity contribution >= 4 is 17.4 Å². The molecule has 25 heavy (non-hydrogen) atoms. The second-order valence-electron chi connectivity index (χ2n) is 5.93. The standard InChI is InChI=1S/C20H20N4O/c1-15-7-6-10-17(11-15)23-20(25)18-12-22-19(13-21-18)24(2)14-16-8-4-3-5-9-16/h3-13H,14H2,1-2H3,(H,23,25). The first-order valence-corrected chi connectivity index (χ1v) is 8.07. The van der Waals surface area contributed by atoms with E-state index >= 15 is 0 Å². The first kappa shape index (κ1) is 16.6. The van der Waals surface area contributed by atoms with Gasteiger partial charge in [-0.05, 0) is 30.2 Å². The quantitative estimate of drug-likeness (QED) is 0.774. The summed E-state index contributed by atoms with van der Waals surface area (Å²) < 4.78 is 0. The molecule has 0 spiro atoms. The molecule has 0 fully saturated rings.